The first kappa shape index (κ1) is 10.6. The van der Waals surface area contributed by atoms with Crippen molar-refractivity contribution < 1.29 is 4.42 Å². The summed E-state index contributed by atoms with van der Waals surface area (Å²) in [4.78, 5) is 0. The summed E-state index contributed by atoms with van der Waals surface area (Å²) in [6, 6.07) is 4.56. The average molecular weight is 226 g/mol. The highest BCUT2D eigenvalue weighted by Gasteiger charge is 2.18. The Kier molecular flexibility index (Phi) is 2.54. The van der Waals surface area contributed by atoms with E-state index in [1.807, 2.05) is 6.92 Å². The summed E-state index contributed by atoms with van der Waals surface area (Å²) in [5, 5.41) is 1.36. The van der Waals surface area contributed by atoms with Crippen LogP contribution in [0.5, 0.6) is 0 Å². The van der Waals surface area contributed by atoms with Gasteiger partial charge >= 0.3 is 0 Å². The van der Waals surface area contributed by atoms with Crippen LogP contribution in [0.4, 0.5) is 0 Å². The zero-order valence-electron chi connectivity index (χ0n) is 10.5. The standard InChI is InChI=1S/C16H18O/c1-3-4-6-13-10-12-7-5-8-14(12)15-9-11(2)17-16(13)15/h3-4,9-10H,5-8H2,1-2H3/b4-3+. The van der Waals surface area contributed by atoms with Crippen LogP contribution in [0.15, 0.2) is 28.7 Å². The van der Waals surface area contributed by atoms with Crippen LogP contribution in [0.25, 0.3) is 11.0 Å². The van der Waals surface area contributed by atoms with E-state index in [0.717, 1.165) is 17.8 Å². The molecule has 1 aromatic heterocycles. The molecule has 0 fully saturated rings. The van der Waals surface area contributed by atoms with Gasteiger partial charge in [0.25, 0.3) is 0 Å². The molecule has 1 aliphatic rings. The van der Waals surface area contributed by atoms with Crippen LogP contribution < -0.4 is 0 Å². The number of allylic oxidation sites excluding steroid dienone is 2. The number of hydrogen-bond acceptors (Lipinski definition) is 1. The number of hydrogen-bond donors (Lipinski definition) is 0. The monoisotopic (exact) mass is 226 g/mol. The Morgan fingerprint density at radius 1 is 1.29 bits per heavy atom. The molecule has 3 rings (SSSR count). The van der Waals surface area contributed by atoms with Crippen LogP contribution in [0.2, 0.25) is 0 Å². The quantitative estimate of drug-likeness (QED) is 0.694. The lowest BCUT2D eigenvalue weighted by atomic mass is 9.99. The second kappa shape index (κ2) is 4.06. The maximum atomic E-state index is 5.89. The van der Waals surface area contributed by atoms with Crippen LogP contribution in [0.1, 0.15) is 35.8 Å². The van der Waals surface area contributed by atoms with E-state index in [-0.39, 0.29) is 0 Å². The lowest BCUT2D eigenvalue weighted by Gasteiger charge is -2.05. The third-order valence-corrected chi connectivity index (χ3v) is 3.65. The van der Waals surface area contributed by atoms with Crippen molar-refractivity contribution in [1.82, 2.24) is 0 Å². The van der Waals surface area contributed by atoms with Crippen molar-refractivity contribution in [2.24, 2.45) is 0 Å². The Morgan fingerprint density at radius 3 is 3.00 bits per heavy atom. The van der Waals surface area contributed by atoms with Crippen molar-refractivity contribution in [2.75, 3.05) is 0 Å². The molecular weight excluding hydrogens is 208 g/mol. The van der Waals surface area contributed by atoms with Gasteiger partial charge in [0, 0.05) is 5.39 Å². The largest absolute Gasteiger partial charge is 0.461 e. The van der Waals surface area contributed by atoms with Gasteiger partial charge in [-0.3, -0.25) is 0 Å². The summed E-state index contributed by atoms with van der Waals surface area (Å²) in [5.41, 5.74) is 5.52. The maximum Gasteiger partial charge on any atom is 0.138 e. The summed E-state index contributed by atoms with van der Waals surface area (Å²) < 4.78 is 5.89. The fourth-order valence-corrected chi connectivity index (χ4v) is 2.88. The third kappa shape index (κ3) is 1.70. The zero-order valence-corrected chi connectivity index (χ0v) is 10.5. The van der Waals surface area contributed by atoms with E-state index in [4.69, 9.17) is 4.42 Å². The molecule has 1 heteroatoms. The Balaban J connectivity index is 2.24. The number of benzene rings is 1. The Bertz CT molecular complexity index is 587. The van der Waals surface area contributed by atoms with Crippen LogP contribution >= 0.6 is 0 Å². The highest BCUT2D eigenvalue weighted by Crippen LogP contribution is 2.34. The summed E-state index contributed by atoms with van der Waals surface area (Å²) >= 11 is 0. The van der Waals surface area contributed by atoms with Crippen molar-refractivity contribution in [1.29, 1.82) is 0 Å². The van der Waals surface area contributed by atoms with Crippen molar-refractivity contribution in [3.8, 4) is 0 Å². The van der Waals surface area contributed by atoms with Gasteiger partial charge in [0.05, 0.1) is 0 Å². The van der Waals surface area contributed by atoms with Crippen molar-refractivity contribution in [3.05, 3.63) is 46.7 Å². The van der Waals surface area contributed by atoms with E-state index in [1.165, 1.54) is 41.3 Å². The number of aryl methyl sites for hydroxylation is 3. The van der Waals surface area contributed by atoms with Gasteiger partial charge in [-0.05, 0) is 62.3 Å². The molecule has 1 aromatic carbocycles. The molecule has 2 aromatic rings. The first-order valence-electron chi connectivity index (χ1n) is 6.44. The minimum atomic E-state index is 0.979. The topological polar surface area (TPSA) is 13.1 Å². The normalized spacial score (nSPS) is 14.9. The second-order valence-electron chi connectivity index (χ2n) is 4.90. The number of rotatable bonds is 2. The molecule has 0 amide bonds. The van der Waals surface area contributed by atoms with Crippen LogP contribution in [0, 0.1) is 6.92 Å². The van der Waals surface area contributed by atoms with Gasteiger partial charge in [-0.2, -0.15) is 0 Å². The second-order valence-corrected chi connectivity index (χ2v) is 4.90. The molecule has 17 heavy (non-hydrogen) atoms. The smallest absolute Gasteiger partial charge is 0.138 e. The van der Waals surface area contributed by atoms with E-state index < -0.39 is 0 Å². The van der Waals surface area contributed by atoms with E-state index in [0.29, 0.717) is 0 Å². The van der Waals surface area contributed by atoms with Crippen molar-refractivity contribution >= 4 is 11.0 Å². The first-order chi connectivity index (χ1) is 8.29. The molecule has 88 valence electrons. The van der Waals surface area contributed by atoms with Gasteiger partial charge in [-0.25, -0.2) is 0 Å². The molecule has 0 spiro atoms. The molecule has 0 aliphatic heterocycles. The lowest BCUT2D eigenvalue weighted by molar-refractivity contribution is 0.575. The van der Waals surface area contributed by atoms with Crippen molar-refractivity contribution in [2.45, 2.75) is 39.5 Å². The predicted octanol–water partition coefficient (Wildman–Crippen LogP) is 4.35. The summed E-state index contributed by atoms with van der Waals surface area (Å²) in [6.45, 7) is 4.11. The van der Waals surface area contributed by atoms with Crippen LogP contribution in [-0.2, 0) is 19.3 Å². The van der Waals surface area contributed by atoms with E-state index in [2.05, 4.69) is 31.2 Å². The number of fused-ring (bicyclic) bond motifs is 3. The first-order valence-corrected chi connectivity index (χ1v) is 6.44. The summed E-state index contributed by atoms with van der Waals surface area (Å²) in [6.07, 6.45) is 9.03. The molecule has 1 heterocycles. The SMILES string of the molecule is C/C=C/Cc1cc2c(c3cc(C)oc13)CCC2. The Labute approximate surface area is 102 Å². The van der Waals surface area contributed by atoms with Crippen molar-refractivity contribution in [3.63, 3.8) is 0 Å². The Hall–Kier alpha value is -1.50. The van der Waals surface area contributed by atoms with Gasteiger partial charge in [-0.15, -0.1) is 0 Å². The minimum absolute atomic E-state index is 0.979. The molecule has 1 nitrogen and oxygen atoms in total. The molecule has 0 N–H and O–H groups in total. The molecule has 0 saturated heterocycles. The fraction of sp³-hybridized carbons (Fsp3) is 0.375. The third-order valence-electron chi connectivity index (χ3n) is 3.65. The minimum Gasteiger partial charge on any atom is -0.461 e. The average Bonchev–Trinajstić information content (AvgIpc) is 2.90. The molecule has 0 atom stereocenters. The van der Waals surface area contributed by atoms with Gasteiger partial charge < -0.3 is 4.42 Å². The van der Waals surface area contributed by atoms with Gasteiger partial charge in [0.15, 0.2) is 0 Å². The number of furan rings is 1. The van der Waals surface area contributed by atoms with Gasteiger partial charge in [-0.1, -0.05) is 18.2 Å². The summed E-state index contributed by atoms with van der Waals surface area (Å²) in [5.74, 6) is 1.03. The molecule has 0 unspecified atom stereocenters. The molecule has 0 saturated carbocycles. The van der Waals surface area contributed by atoms with Crippen LogP contribution in [-0.4, -0.2) is 0 Å². The van der Waals surface area contributed by atoms with E-state index in [9.17, 15) is 0 Å². The molecule has 0 radical (unpaired) electrons. The molecular formula is C16H18O. The van der Waals surface area contributed by atoms with Gasteiger partial charge in [0.1, 0.15) is 11.3 Å². The predicted molar refractivity (Wildman–Crippen MR) is 71.5 cm³/mol. The highest BCUT2D eigenvalue weighted by molar-refractivity contribution is 5.86. The molecule has 1 aliphatic carbocycles. The maximum absolute atomic E-state index is 5.89. The summed E-state index contributed by atoms with van der Waals surface area (Å²) in [7, 11) is 0. The van der Waals surface area contributed by atoms with E-state index in [1.54, 1.807) is 0 Å². The highest BCUT2D eigenvalue weighted by atomic mass is 16.3. The Morgan fingerprint density at radius 2 is 2.18 bits per heavy atom. The zero-order chi connectivity index (χ0) is 11.8. The fourth-order valence-electron chi connectivity index (χ4n) is 2.88. The lowest BCUT2D eigenvalue weighted by Crippen LogP contribution is -1.89. The van der Waals surface area contributed by atoms with Gasteiger partial charge in [0.2, 0.25) is 0 Å². The van der Waals surface area contributed by atoms with E-state index >= 15 is 0 Å². The van der Waals surface area contributed by atoms with Crippen LogP contribution in [0.3, 0.4) is 0 Å². The molecule has 0 bridgehead atoms.